The Labute approximate surface area is 264 Å². The summed E-state index contributed by atoms with van der Waals surface area (Å²) in [4.78, 5) is 47.8. The molecule has 4 aromatic rings. The van der Waals surface area contributed by atoms with Gasteiger partial charge in [-0.3, -0.25) is 4.79 Å². The summed E-state index contributed by atoms with van der Waals surface area (Å²) in [6.07, 6.45) is 7.04. The maximum Gasteiger partial charge on any atom is 0.359 e. The van der Waals surface area contributed by atoms with E-state index < -0.39 is 18.1 Å². The molecule has 3 amide bonds. The fourth-order valence-electron chi connectivity index (χ4n) is 6.09. The number of benzene rings is 2. The number of carbonyl (C=O) groups is 3. The summed E-state index contributed by atoms with van der Waals surface area (Å²) in [6.45, 7) is 5.94. The molecule has 1 saturated carbocycles. The van der Waals surface area contributed by atoms with Gasteiger partial charge in [0.05, 0.1) is 6.04 Å². The van der Waals surface area contributed by atoms with Crippen LogP contribution in [0.4, 0.5) is 4.79 Å². The normalized spacial score (nSPS) is 14.8. The molecule has 2 atom stereocenters. The number of amides is 3. The number of para-hydroxylation sites is 1. The molecule has 1 fully saturated rings. The molecule has 4 N–H and O–H groups in total. The molecule has 10 nitrogen and oxygen atoms in total. The van der Waals surface area contributed by atoms with Crippen molar-refractivity contribution in [2.75, 3.05) is 0 Å². The molecule has 1 aliphatic carbocycles. The quantitative estimate of drug-likeness (QED) is 0.154. The van der Waals surface area contributed by atoms with Crippen LogP contribution in [-0.2, 0) is 29.6 Å². The molecule has 0 bridgehead atoms. The van der Waals surface area contributed by atoms with Crippen LogP contribution in [0.3, 0.4) is 0 Å². The third-order valence-electron chi connectivity index (χ3n) is 8.38. The summed E-state index contributed by atoms with van der Waals surface area (Å²) in [5.74, 6) is -0.241. The lowest BCUT2D eigenvalue weighted by Gasteiger charge is -2.24. The number of nitrogens with one attached hydrogen (secondary N) is 4. The third kappa shape index (κ3) is 8.12. The van der Waals surface area contributed by atoms with Crippen molar-refractivity contribution in [3.63, 3.8) is 0 Å². The molecular weight excluding hydrogens is 568 g/mol. The number of esters is 1. The minimum Gasteiger partial charge on any atom is -0.456 e. The van der Waals surface area contributed by atoms with E-state index in [1.54, 1.807) is 6.92 Å². The zero-order valence-electron chi connectivity index (χ0n) is 26.6. The van der Waals surface area contributed by atoms with Gasteiger partial charge in [0.1, 0.15) is 18.5 Å². The lowest BCUT2D eigenvalue weighted by Crippen LogP contribution is -2.52. The lowest BCUT2D eigenvalue weighted by atomic mass is 10.0. The molecule has 45 heavy (non-hydrogen) atoms. The van der Waals surface area contributed by atoms with Gasteiger partial charge in [0.2, 0.25) is 5.91 Å². The van der Waals surface area contributed by atoms with Crippen LogP contribution in [-0.4, -0.2) is 44.5 Å². The summed E-state index contributed by atoms with van der Waals surface area (Å²) >= 11 is 0. The largest absolute Gasteiger partial charge is 0.456 e. The van der Waals surface area contributed by atoms with E-state index in [4.69, 9.17) is 4.74 Å². The molecule has 5 rings (SSSR count). The van der Waals surface area contributed by atoms with Crippen molar-refractivity contribution in [1.29, 1.82) is 0 Å². The molecule has 2 aromatic carbocycles. The van der Waals surface area contributed by atoms with Crippen molar-refractivity contribution in [1.82, 2.24) is 30.5 Å². The van der Waals surface area contributed by atoms with Crippen molar-refractivity contribution >= 4 is 28.8 Å². The molecule has 0 spiro atoms. The fraction of sp³-hybridized carbons (Fsp3) is 0.429. The number of urea groups is 1. The Kier molecular flexibility index (Phi) is 10.2. The average molecular weight is 613 g/mol. The van der Waals surface area contributed by atoms with Crippen molar-refractivity contribution in [3.05, 3.63) is 89.1 Å². The minimum atomic E-state index is -0.743. The van der Waals surface area contributed by atoms with Gasteiger partial charge in [-0.1, -0.05) is 75.2 Å². The Morgan fingerprint density at radius 1 is 1.02 bits per heavy atom. The first-order valence-corrected chi connectivity index (χ1v) is 15.9. The Bertz CT molecular complexity index is 1620. The maximum absolute atomic E-state index is 13.9. The second-order valence-electron chi connectivity index (χ2n) is 12.5. The zero-order valence-corrected chi connectivity index (χ0v) is 26.6. The van der Waals surface area contributed by atoms with E-state index in [0.717, 1.165) is 47.7 Å². The predicted octanol–water partition coefficient (Wildman–Crippen LogP) is 5.62. The SMILES string of the molecule is Cc1[nH]c([C@@H](Cc2cn(C)c3ccccc23)NC(=O)[C@H](CC(C)C)NC(=O)NC2CCCC2)nc1C(=O)OCc1ccccc1. The van der Waals surface area contributed by atoms with Crippen LogP contribution >= 0.6 is 0 Å². The molecule has 0 radical (unpaired) electrons. The van der Waals surface area contributed by atoms with Gasteiger partial charge in [-0.15, -0.1) is 0 Å². The van der Waals surface area contributed by atoms with Crippen LogP contribution in [0.5, 0.6) is 0 Å². The number of aryl methyl sites for hydroxylation is 2. The third-order valence-corrected chi connectivity index (χ3v) is 8.38. The van der Waals surface area contributed by atoms with Crippen molar-refractivity contribution in [2.45, 2.75) is 84.0 Å². The van der Waals surface area contributed by atoms with Crippen molar-refractivity contribution in [2.24, 2.45) is 13.0 Å². The second-order valence-corrected chi connectivity index (χ2v) is 12.5. The molecule has 2 heterocycles. The first-order chi connectivity index (χ1) is 21.7. The molecular formula is C35H44N6O4. The van der Waals surface area contributed by atoms with Gasteiger partial charge in [-0.05, 0) is 49.3 Å². The fourth-order valence-corrected chi connectivity index (χ4v) is 6.09. The zero-order chi connectivity index (χ0) is 31.9. The number of H-pyrrole nitrogens is 1. The van der Waals surface area contributed by atoms with Gasteiger partial charge >= 0.3 is 12.0 Å². The number of hydrogen-bond donors (Lipinski definition) is 4. The molecule has 1 aliphatic rings. The Balaban J connectivity index is 1.39. The molecule has 10 heteroatoms. The molecule has 0 unspecified atom stereocenters. The number of imidazole rings is 1. The van der Waals surface area contributed by atoms with E-state index in [2.05, 4.69) is 42.6 Å². The van der Waals surface area contributed by atoms with Crippen molar-refractivity contribution in [3.8, 4) is 0 Å². The summed E-state index contributed by atoms with van der Waals surface area (Å²) in [5.41, 5.74) is 3.69. The molecule has 0 saturated heterocycles. The van der Waals surface area contributed by atoms with Gasteiger partial charge in [0.15, 0.2) is 5.69 Å². The number of rotatable bonds is 12. The minimum absolute atomic E-state index is 0.128. The van der Waals surface area contributed by atoms with Crippen molar-refractivity contribution < 1.29 is 19.1 Å². The number of carbonyl (C=O) groups excluding carboxylic acids is 3. The van der Waals surface area contributed by atoms with E-state index in [1.165, 1.54) is 0 Å². The summed E-state index contributed by atoms with van der Waals surface area (Å²) in [5, 5.41) is 10.2. The van der Waals surface area contributed by atoms with Crippen LogP contribution in [0.15, 0.2) is 60.8 Å². The number of ether oxygens (including phenoxy) is 1. The Morgan fingerprint density at radius 2 is 1.73 bits per heavy atom. The van der Waals surface area contributed by atoms with Crippen LogP contribution in [0.25, 0.3) is 10.9 Å². The molecule has 238 valence electrons. The summed E-state index contributed by atoms with van der Waals surface area (Å²) in [6, 6.07) is 16.0. The highest BCUT2D eigenvalue weighted by Crippen LogP contribution is 2.26. The number of fused-ring (bicyclic) bond motifs is 1. The smallest absolute Gasteiger partial charge is 0.359 e. The van der Waals surface area contributed by atoms with Gasteiger partial charge in [-0.25, -0.2) is 14.6 Å². The van der Waals surface area contributed by atoms with Gasteiger partial charge in [-0.2, -0.15) is 0 Å². The van der Waals surface area contributed by atoms with Crippen LogP contribution in [0, 0.1) is 12.8 Å². The van der Waals surface area contributed by atoms with Gasteiger partial charge < -0.3 is 30.2 Å². The van der Waals surface area contributed by atoms with Crippen LogP contribution in [0.2, 0.25) is 0 Å². The number of hydrogen-bond acceptors (Lipinski definition) is 5. The van der Waals surface area contributed by atoms with Crippen LogP contribution in [0.1, 0.15) is 85.1 Å². The number of aromatic nitrogens is 3. The van der Waals surface area contributed by atoms with Gasteiger partial charge in [0.25, 0.3) is 0 Å². The Morgan fingerprint density at radius 3 is 2.47 bits per heavy atom. The maximum atomic E-state index is 13.9. The topological polar surface area (TPSA) is 130 Å². The molecule has 0 aliphatic heterocycles. The first-order valence-electron chi connectivity index (χ1n) is 15.9. The monoisotopic (exact) mass is 612 g/mol. The summed E-state index contributed by atoms with van der Waals surface area (Å²) < 4.78 is 7.62. The average Bonchev–Trinajstić information content (AvgIpc) is 3.75. The highest BCUT2D eigenvalue weighted by molar-refractivity contribution is 5.89. The standard InChI is InChI=1S/C35H44N6O4/c1-22(2)18-29(39-35(44)37-26-14-8-9-15-26)33(42)38-28(19-25-20-41(4)30-17-11-10-16-27(25)30)32-36-23(3)31(40-32)34(43)45-21-24-12-6-5-7-13-24/h5-7,10-13,16-17,20,22,26,28-29H,8-9,14-15,18-19,21H2,1-4H3,(H,36,40)(H,38,42)(H2,37,39,44)/t28-,29+/m1/s1. The Hall–Kier alpha value is -4.60. The highest BCUT2D eigenvalue weighted by atomic mass is 16.5. The van der Waals surface area contributed by atoms with E-state index in [-0.39, 0.29) is 36.2 Å². The van der Waals surface area contributed by atoms with E-state index in [9.17, 15) is 14.4 Å². The number of aromatic amines is 1. The highest BCUT2D eigenvalue weighted by Gasteiger charge is 2.29. The van der Waals surface area contributed by atoms with Crippen LogP contribution < -0.4 is 16.0 Å². The predicted molar refractivity (Wildman–Crippen MR) is 174 cm³/mol. The van der Waals surface area contributed by atoms with E-state index in [1.807, 2.05) is 69.6 Å². The second kappa shape index (κ2) is 14.5. The molecule has 2 aromatic heterocycles. The lowest BCUT2D eigenvalue weighted by molar-refractivity contribution is -0.124. The van der Waals surface area contributed by atoms with Gasteiger partial charge in [0, 0.05) is 42.3 Å². The van der Waals surface area contributed by atoms with E-state index >= 15 is 0 Å². The number of nitrogens with zero attached hydrogens (tertiary/aromatic N) is 2. The summed E-state index contributed by atoms with van der Waals surface area (Å²) in [7, 11) is 1.99. The first kappa shape index (κ1) is 31.8. The van der Waals surface area contributed by atoms with E-state index in [0.29, 0.717) is 24.4 Å².